The van der Waals surface area contributed by atoms with Gasteiger partial charge in [0, 0.05) is 10.6 Å². The molecule has 2 aromatic rings. The fourth-order valence-corrected chi connectivity index (χ4v) is 3.00. The van der Waals surface area contributed by atoms with Crippen LogP contribution in [0.15, 0.2) is 41.8 Å². The third-order valence-corrected chi connectivity index (χ3v) is 4.38. The van der Waals surface area contributed by atoms with Crippen LogP contribution in [0.5, 0.6) is 0 Å². The van der Waals surface area contributed by atoms with Crippen molar-refractivity contribution in [2.75, 3.05) is 11.9 Å². The van der Waals surface area contributed by atoms with Gasteiger partial charge in [0.2, 0.25) is 5.91 Å². The molecule has 1 amide bonds. The molecular formula is C17H18N2OS. The van der Waals surface area contributed by atoms with E-state index in [2.05, 4.69) is 34.2 Å². The van der Waals surface area contributed by atoms with E-state index < -0.39 is 0 Å². The van der Waals surface area contributed by atoms with Gasteiger partial charge in [-0.3, -0.25) is 4.79 Å². The van der Waals surface area contributed by atoms with E-state index in [1.165, 1.54) is 4.88 Å². The Morgan fingerprint density at radius 3 is 2.76 bits per heavy atom. The highest BCUT2D eigenvalue weighted by Gasteiger charge is 2.21. The van der Waals surface area contributed by atoms with Gasteiger partial charge in [-0.1, -0.05) is 24.3 Å². The maximum absolute atomic E-state index is 12.0. The fourth-order valence-electron chi connectivity index (χ4n) is 2.38. The lowest BCUT2D eigenvalue weighted by Gasteiger charge is -2.11. The molecule has 1 atom stereocenters. The molecule has 0 radical (unpaired) electrons. The monoisotopic (exact) mass is 298 g/mol. The van der Waals surface area contributed by atoms with Crippen molar-refractivity contribution < 1.29 is 4.79 Å². The van der Waals surface area contributed by atoms with E-state index in [1.54, 1.807) is 11.3 Å². The molecule has 1 unspecified atom stereocenters. The molecule has 4 heteroatoms. The quantitative estimate of drug-likeness (QED) is 0.905. The minimum atomic E-state index is -0.0385. The molecular weight excluding hydrogens is 280 g/mol. The van der Waals surface area contributed by atoms with Crippen molar-refractivity contribution in [3.8, 4) is 0 Å². The Morgan fingerprint density at radius 2 is 2.10 bits per heavy atom. The number of rotatable bonds is 4. The molecule has 3 nitrogen and oxygen atoms in total. The van der Waals surface area contributed by atoms with Crippen molar-refractivity contribution in [1.82, 2.24) is 5.32 Å². The predicted octanol–water partition coefficient (Wildman–Crippen LogP) is 3.61. The molecule has 1 aliphatic rings. The SMILES string of the molecule is O=C(Nc1ccc(/C=C/c2cccs2)cc1)C1CCCN1. The van der Waals surface area contributed by atoms with Crippen LogP contribution in [-0.4, -0.2) is 18.5 Å². The van der Waals surface area contributed by atoms with Crippen molar-refractivity contribution >= 4 is 35.1 Å². The fraction of sp³-hybridized carbons (Fsp3) is 0.235. The molecule has 2 heterocycles. The molecule has 0 saturated carbocycles. The van der Waals surface area contributed by atoms with Gasteiger partial charge in [-0.15, -0.1) is 11.3 Å². The summed E-state index contributed by atoms with van der Waals surface area (Å²) in [5.41, 5.74) is 1.97. The summed E-state index contributed by atoms with van der Waals surface area (Å²) >= 11 is 1.72. The first-order valence-electron chi connectivity index (χ1n) is 7.17. The van der Waals surface area contributed by atoms with E-state index >= 15 is 0 Å². The second-order valence-corrected chi connectivity index (χ2v) is 6.09. The van der Waals surface area contributed by atoms with E-state index in [4.69, 9.17) is 0 Å². The largest absolute Gasteiger partial charge is 0.325 e. The lowest BCUT2D eigenvalue weighted by molar-refractivity contribution is -0.117. The van der Waals surface area contributed by atoms with Crippen molar-refractivity contribution in [2.45, 2.75) is 18.9 Å². The summed E-state index contributed by atoms with van der Waals surface area (Å²) in [6, 6.07) is 12.0. The Labute approximate surface area is 128 Å². The molecule has 1 aromatic heterocycles. The molecule has 108 valence electrons. The summed E-state index contributed by atoms with van der Waals surface area (Å²) in [4.78, 5) is 13.2. The third-order valence-electron chi connectivity index (χ3n) is 3.54. The zero-order valence-corrected chi connectivity index (χ0v) is 12.5. The molecule has 1 aromatic carbocycles. The van der Waals surface area contributed by atoms with Gasteiger partial charge in [-0.2, -0.15) is 0 Å². The van der Waals surface area contributed by atoms with Crippen LogP contribution in [0.1, 0.15) is 23.3 Å². The summed E-state index contributed by atoms with van der Waals surface area (Å²) in [6.07, 6.45) is 6.18. The first kappa shape index (κ1) is 14.0. The number of hydrogen-bond acceptors (Lipinski definition) is 3. The topological polar surface area (TPSA) is 41.1 Å². The van der Waals surface area contributed by atoms with Crippen molar-refractivity contribution in [2.24, 2.45) is 0 Å². The van der Waals surface area contributed by atoms with Gasteiger partial charge >= 0.3 is 0 Å². The minimum absolute atomic E-state index is 0.0385. The van der Waals surface area contributed by atoms with Crippen LogP contribution >= 0.6 is 11.3 Å². The molecule has 0 bridgehead atoms. The number of nitrogens with one attached hydrogen (secondary N) is 2. The van der Waals surface area contributed by atoms with E-state index in [0.717, 1.165) is 30.6 Å². The van der Waals surface area contributed by atoms with Gasteiger partial charge in [0.1, 0.15) is 0 Å². The Kier molecular flexibility index (Phi) is 4.48. The lowest BCUT2D eigenvalue weighted by atomic mass is 10.1. The Hall–Kier alpha value is -1.91. The first-order chi connectivity index (χ1) is 10.3. The zero-order valence-electron chi connectivity index (χ0n) is 11.7. The van der Waals surface area contributed by atoms with Gasteiger partial charge in [-0.25, -0.2) is 0 Å². The summed E-state index contributed by atoms with van der Waals surface area (Å²) in [5, 5.41) is 8.22. The molecule has 1 aliphatic heterocycles. The number of hydrogen-bond donors (Lipinski definition) is 2. The number of carbonyl (C=O) groups excluding carboxylic acids is 1. The highest BCUT2D eigenvalue weighted by Crippen LogP contribution is 2.16. The molecule has 2 N–H and O–H groups in total. The van der Waals surface area contributed by atoms with Crippen LogP contribution < -0.4 is 10.6 Å². The molecule has 21 heavy (non-hydrogen) atoms. The van der Waals surface area contributed by atoms with Crippen LogP contribution in [-0.2, 0) is 4.79 Å². The van der Waals surface area contributed by atoms with Crippen molar-refractivity contribution in [3.63, 3.8) is 0 Å². The normalized spacial score (nSPS) is 18.2. The summed E-state index contributed by atoms with van der Waals surface area (Å²) in [7, 11) is 0. The predicted molar refractivity (Wildman–Crippen MR) is 89.3 cm³/mol. The van der Waals surface area contributed by atoms with Crippen LogP contribution in [0.3, 0.4) is 0 Å². The van der Waals surface area contributed by atoms with E-state index in [9.17, 15) is 4.79 Å². The summed E-state index contributed by atoms with van der Waals surface area (Å²) in [5.74, 6) is 0.0642. The number of anilines is 1. The van der Waals surface area contributed by atoms with E-state index in [-0.39, 0.29) is 11.9 Å². The standard InChI is InChI=1S/C17H18N2OS/c20-17(16-4-1-11-18-16)19-14-8-5-13(6-9-14)7-10-15-3-2-12-21-15/h2-3,5-10,12,16,18H,1,4,11H2,(H,19,20)/b10-7+. The smallest absolute Gasteiger partial charge is 0.241 e. The number of benzene rings is 1. The molecule has 0 aliphatic carbocycles. The third kappa shape index (κ3) is 3.80. The average Bonchev–Trinajstić information content (AvgIpc) is 3.20. The van der Waals surface area contributed by atoms with Crippen LogP contribution in [0.25, 0.3) is 12.2 Å². The van der Waals surface area contributed by atoms with Gasteiger partial charge in [0.25, 0.3) is 0 Å². The maximum atomic E-state index is 12.0. The van der Waals surface area contributed by atoms with E-state index in [1.807, 2.05) is 30.3 Å². The minimum Gasteiger partial charge on any atom is -0.325 e. The molecule has 0 spiro atoms. The zero-order chi connectivity index (χ0) is 14.5. The van der Waals surface area contributed by atoms with Gasteiger partial charge < -0.3 is 10.6 Å². The molecule has 1 saturated heterocycles. The number of amides is 1. The Balaban J connectivity index is 1.60. The summed E-state index contributed by atoms with van der Waals surface area (Å²) < 4.78 is 0. The van der Waals surface area contributed by atoms with Gasteiger partial charge in [0.15, 0.2) is 0 Å². The van der Waals surface area contributed by atoms with Gasteiger partial charge in [-0.05, 0) is 54.6 Å². The van der Waals surface area contributed by atoms with Crippen LogP contribution in [0, 0.1) is 0 Å². The highest BCUT2D eigenvalue weighted by atomic mass is 32.1. The second kappa shape index (κ2) is 6.70. The van der Waals surface area contributed by atoms with E-state index in [0.29, 0.717) is 0 Å². The molecule has 3 rings (SSSR count). The summed E-state index contributed by atoms with van der Waals surface area (Å²) in [6.45, 7) is 0.935. The lowest BCUT2D eigenvalue weighted by Crippen LogP contribution is -2.35. The Bertz CT molecular complexity index is 611. The second-order valence-electron chi connectivity index (χ2n) is 5.11. The van der Waals surface area contributed by atoms with Crippen molar-refractivity contribution in [1.29, 1.82) is 0 Å². The van der Waals surface area contributed by atoms with Crippen LogP contribution in [0.2, 0.25) is 0 Å². The number of carbonyl (C=O) groups is 1. The highest BCUT2D eigenvalue weighted by molar-refractivity contribution is 7.10. The van der Waals surface area contributed by atoms with Crippen molar-refractivity contribution in [3.05, 3.63) is 52.2 Å². The average molecular weight is 298 g/mol. The maximum Gasteiger partial charge on any atom is 0.241 e. The Morgan fingerprint density at radius 1 is 1.24 bits per heavy atom. The van der Waals surface area contributed by atoms with Gasteiger partial charge in [0.05, 0.1) is 6.04 Å². The first-order valence-corrected chi connectivity index (χ1v) is 8.05. The van der Waals surface area contributed by atoms with Crippen LogP contribution in [0.4, 0.5) is 5.69 Å². The molecule has 1 fully saturated rings. The number of thiophene rings is 1.